The van der Waals surface area contributed by atoms with Crippen molar-refractivity contribution in [3.8, 4) is 0 Å². The Morgan fingerprint density at radius 2 is 1.87 bits per heavy atom. The van der Waals surface area contributed by atoms with Crippen LogP contribution in [-0.2, 0) is 6.42 Å². The summed E-state index contributed by atoms with van der Waals surface area (Å²) >= 11 is 0. The molecule has 84 valence electrons. The molecule has 2 nitrogen and oxygen atoms in total. The first-order valence-electron chi connectivity index (χ1n) is 5.74. The Morgan fingerprint density at radius 1 is 1.20 bits per heavy atom. The average Bonchev–Trinajstić information content (AvgIpc) is 2.31. The Labute approximate surface area is 92.3 Å². The zero-order chi connectivity index (χ0) is 11.1. The van der Waals surface area contributed by atoms with Crippen molar-refractivity contribution >= 4 is 0 Å². The van der Waals surface area contributed by atoms with E-state index in [-0.39, 0.29) is 12.6 Å². The van der Waals surface area contributed by atoms with Crippen LogP contribution in [0.25, 0.3) is 0 Å². The smallest absolute Gasteiger partial charge is 0.0626 e. The van der Waals surface area contributed by atoms with Crippen molar-refractivity contribution < 1.29 is 5.11 Å². The van der Waals surface area contributed by atoms with E-state index in [0.29, 0.717) is 0 Å². The van der Waals surface area contributed by atoms with Crippen molar-refractivity contribution in [2.24, 2.45) is 0 Å². The highest BCUT2D eigenvalue weighted by molar-refractivity contribution is 5.25. The quantitative estimate of drug-likeness (QED) is 0.750. The SMILES string of the molecule is CCCNC(CO)c1ccc(CC)cc1. The van der Waals surface area contributed by atoms with Crippen LogP contribution in [0, 0.1) is 0 Å². The van der Waals surface area contributed by atoms with Crippen LogP contribution >= 0.6 is 0 Å². The van der Waals surface area contributed by atoms with Gasteiger partial charge < -0.3 is 10.4 Å². The summed E-state index contributed by atoms with van der Waals surface area (Å²) in [6, 6.07) is 8.54. The van der Waals surface area contributed by atoms with Crippen molar-refractivity contribution in [3.63, 3.8) is 0 Å². The van der Waals surface area contributed by atoms with E-state index < -0.39 is 0 Å². The molecule has 0 bridgehead atoms. The molecule has 0 aliphatic heterocycles. The molecular weight excluding hydrogens is 186 g/mol. The second-order valence-corrected chi connectivity index (χ2v) is 3.78. The minimum Gasteiger partial charge on any atom is -0.394 e. The number of aliphatic hydroxyl groups excluding tert-OH is 1. The Balaban J connectivity index is 2.65. The first kappa shape index (κ1) is 12.2. The van der Waals surface area contributed by atoms with Crippen LogP contribution in [0.2, 0.25) is 0 Å². The van der Waals surface area contributed by atoms with E-state index in [4.69, 9.17) is 0 Å². The molecule has 0 saturated heterocycles. The van der Waals surface area contributed by atoms with Crippen molar-refractivity contribution in [2.45, 2.75) is 32.7 Å². The van der Waals surface area contributed by atoms with Gasteiger partial charge >= 0.3 is 0 Å². The molecule has 2 heteroatoms. The maximum Gasteiger partial charge on any atom is 0.0626 e. The number of aliphatic hydroxyl groups is 1. The van der Waals surface area contributed by atoms with Crippen molar-refractivity contribution in [3.05, 3.63) is 35.4 Å². The molecule has 0 fully saturated rings. The molecule has 1 atom stereocenters. The highest BCUT2D eigenvalue weighted by Crippen LogP contribution is 2.13. The fraction of sp³-hybridized carbons (Fsp3) is 0.538. The Hall–Kier alpha value is -0.860. The molecule has 0 spiro atoms. The number of hydrogen-bond donors (Lipinski definition) is 2. The third kappa shape index (κ3) is 3.65. The fourth-order valence-electron chi connectivity index (χ4n) is 1.59. The van der Waals surface area contributed by atoms with Crippen LogP contribution in [0.3, 0.4) is 0 Å². The Kier molecular flexibility index (Phi) is 5.37. The zero-order valence-corrected chi connectivity index (χ0v) is 9.66. The average molecular weight is 207 g/mol. The normalized spacial score (nSPS) is 12.7. The van der Waals surface area contributed by atoms with Crippen LogP contribution in [0.5, 0.6) is 0 Å². The predicted octanol–water partition coefficient (Wildman–Crippen LogP) is 2.28. The first-order chi connectivity index (χ1) is 7.31. The number of aryl methyl sites for hydroxylation is 1. The molecule has 1 unspecified atom stereocenters. The molecule has 15 heavy (non-hydrogen) atoms. The Morgan fingerprint density at radius 3 is 2.33 bits per heavy atom. The summed E-state index contributed by atoms with van der Waals surface area (Å²) in [7, 11) is 0. The third-order valence-electron chi connectivity index (χ3n) is 2.61. The van der Waals surface area contributed by atoms with Gasteiger partial charge in [0, 0.05) is 0 Å². The fourth-order valence-corrected chi connectivity index (χ4v) is 1.59. The topological polar surface area (TPSA) is 32.3 Å². The van der Waals surface area contributed by atoms with E-state index in [1.165, 1.54) is 11.1 Å². The predicted molar refractivity (Wildman–Crippen MR) is 63.9 cm³/mol. The lowest BCUT2D eigenvalue weighted by molar-refractivity contribution is 0.245. The highest BCUT2D eigenvalue weighted by atomic mass is 16.3. The van der Waals surface area contributed by atoms with Gasteiger partial charge in [-0.3, -0.25) is 0 Å². The summed E-state index contributed by atoms with van der Waals surface area (Å²) in [6.07, 6.45) is 2.15. The van der Waals surface area contributed by atoms with Crippen LogP contribution in [0.15, 0.2) is 24.3 Å². The van der Waals surface area contributed by atoms with Gasteiger partial charge in [-0.25, -0.2) is 0 Å². The van der Waals surface area contributed by atoms with Gasteiger partial charge in [0.2, 0.25) is 0 Å². The summed E-state index contributed by atoms with van der Waals surface area (Å²) in [4.78, 5) is 0. The summed E-state index contributed by atoms with van der Waals surface area (Å²) in [6.45, 7) is 5.38. The molecule has 1 aromatic carbocycles. The summed E-state index contributed by atoms with van der Waals surface area (Å²) in [5.74, 6) is 0. The molecule has 0 aliphatic rings. The van der Waals surface area contributed by atoms with Crippen LogP contribution in [0.4, 0.5) is 0 Å². The van der Waals surface area contributed by atoms with Gasteiger partial charge in [0.1, 0.15) is 0 Å². The largest absolute Gasteiger partial charge is 0.394 e. The second-order valence-electron chi connectivity index (χ2n) is 3.78. The molecule has 0 saturated carbocycles. The van der Waals surface area contributed by atoms with Gasteiger partial charge in [-0.15, -0.1) is 0 Å². The molecule has 1 aromatic rings. The lowest BCUT2D eigenvalue weighted by Gasteiger charge is -2.16. The third-order valence-corrected chi connectivity index (χ3v) is 2.61. The van der Waals surface area contributed by atoms with E-state index >= 15 is 0 Å². The van der Waals surface area contributed by atoms with E-state index in [9.17, 15) is 5.11 Å². The molecule has 0 radical (unpaired) electrons. The Bertz CT molecular complexity index is 268. The van der Waals surface area contributed by atoms with Crippen molar-refractivity contribution in [2.75, 3.05) is 13.2 Å². The van der Waals surface area contributed by atoms with E-state index in [2.05, 4.69) is 43.4 Å². The molecular formula is C13H21NO. The van der Waals surface area contributed by atoms with Crippen LogP contribution < -0.4 is 5.32 Å². The van der Waals surface area contributed by atoms with Gasteiger partial charge in [-0.05, 0) is 30.5 Å². The van der Waals surface area contributed by atoms with Gasteiger partial charge in [0.25, 0.3) is 0 Å². The van der Waals surface area contributed by atoms with E-state index in [0.717, 1.165) is 19.4 Å². The number of nitrogens with one attached hydrogen (secondary N) is 1. The van der Waals surface area contributed by atoms with E-state index in [1.807, 2.05) is 0 Å². The van der Waals surface area contributed by atoms with Crippen molar-refractivity contribution in [1.29, 1.82) is 0 Å². The highest BCUT2D eigenvalue weighted by Gasteiger charge is 2.08. The lowest BCUT2D eigenvalue weighted by atomic mass is 10.0. The molecule has 0 aromatic heterocycles. The molecule has 0 heterocycles. The van der Waals surface area contributed by atoms with Crippen LogP contribution in [0.1, 0.15) is 37.4 Å². The minimum atomic E-state index is 0.0795. The summed E-state index contributed by atoms with van der Waals surface area (Å²) in [5.41, 5.74) is 2.51. The van der Waals surface area contributed by atoms with E-state index in [1.54, 1.807) is 0 Å². The minimum absolute atomic E-state index is 0.0795. The second kappa shape index (κ2) is 6.59. The summed E-state index contributed by atoms with van der Waals surface area (Å²) < 4.78 is 0. The maximum absolute atomic E-state index is 9.27. The molecule has 0 aliphatic carbocycles. The van der Waals surface area contributed by atoms with Crippen molar-refractivity contribution in [1.82, 2.24) is 5.32 Å². The maximum atomic E-state index is 9.27. The molecule has 2 N–H and O–H groups in total. The molecule has 0 amide bonds. The first-order valence-corrected chi connectivity index (χ1v) is 5.74. The van der Waals surface area contributed by atoms with Gasteiger partial charge in [0.15, 0.2) is 0 Å². The van der Waals surface area contributed by atoms with Gasteiger partial charge in [-0.2, -0.15) is 0 Å². The monoisotopic (exact) mass is 207 g/mol. The zero-order valence-electron chi connectivity index (χ0n) is 9.66. The lowest BCUT2D eigenvalue weighted by Crippen LogP contribution is -2.24. The number of hydrogen-bond acceptors (Lipinski definition) is 2. The number of benzene rings is 1. The summed E-state index contributed by atoms with van der Waals surface area (Å²) in [5, 5.41) is 12.6. The van der Waals surface area contributed by atoms with Crippen LogP contribution in [-0.4, -0.2) is 18.3 Å². The standard InChI is InChI=1S/C13H21NO/c1-3-9-14-13(10-15)12-7-5-11(4-2)6-8-12/h5-8,13-15H,3-4,9-10H2,1-2H3. The molecule has 1 rings (SSSR count). The van der Waals surface area contributed by atoms with Gasteiger partial charge in [-0.1, -0.05) is 38.1 Å². The van der Waals surface area contributed by atoms with Gasteiger partial charge in [0.05, 0.1) is 12.6 Å². The number of rotatable bonds is 6.